The van der Waals surface area contributed by atoms with Gasteiger partial charge in [0.05, 0.1) is 18.7 Å². The van der Waals surface area contributed by atoms with Gasteiger partial charge in [-0.05, 0) is 43.7 Å². The van der Waals surface area contributed by atoms with E-state index in [4.69, 9.17) is 14.2 Å². The van der Waals surface area contributed by atoms with Crippen molar-refractivity contribution in [1.29, 1.82) is 0 Å². The minimum Gasteiger partial charge on any atom is -0.497 e. The molecule has 3 aromatic rings. The number of hydrogen-bond acceptors (Lipinski definition) is 4. The highest BCUT2D eigenvalue weighted by Crippen LogP contribution is 2.41. The second-order valence-electron chi connectivity index (χ2n) is 8.27. The largest absolute Gasteiger partial charge is 0.497 e. The van der Waals surface area contributed by atoms with Gasteiger partial charge in [-0.1, -0.05) is 42.5 Å². The molecule has 160 valence electrons. The summed E-state index contributed by atoms with van der Waals surface area (Å²) in [5.41, 5.74) is 2.08. The molecule has 1 N–H and O–H groups in total. The van der Waals surface area contributed by atoms with E-state index in [0.717, 1.165) is 22.6 Å². The summed E-state index contributed by atoms with van der Waals surface area (Å²) in [7, 11) is 1.63. The van der Waals surface area contributed by atoms with Gasteiger partial charge in [-0.25, -0.2) is 0 Å². The molecule has 1 amide bonds. The number of nitrogens with one attached hydrogen (secondary N) is 1. The molecular formula is C26H27NO4. The summed E-state index contributed by atoms with van der Waals surface area (Å²) in [4.78, 5) is 13.2. The first-order valence-corrected chi connectivity index (χ1v) is 10.4. The van der Waals surface area contributed by atoms with Gasteiger partial charge in [-0.15, -0.1) is 0 Å². The van der Waals surface area contributed by atoms with E-state index in [1.807, 2.05) is 80.6 Å². The van der Waals surface area contributed by atoms with Gasteiger partial charge in [-0.3, -0.25) is 4.79 Å². The summed E-state index contributed by atoms with van der Waals surface area (Å²) >= 11 is 0. The fourth-order valence-corrected chi connectivity index (χ4v) is 3.84. The van der Waals surface area contributed by atoms with Crippen LogP contribution in [0.3, 0.4) is 0 Å². The van der Waals surface area contributed by atoms with Crippen molar-refractivity contribution in [3.63, 3.8) is 0 Å². The fraction of sp³-hybridized carbons (Fsp3) is 0.269. The summed E-state index contributed by atoms with van der Waals surface area (Å²) in [6.45, 7) is 4.44. The molecule has 0 saturated heterocycles. The maximum atomic E-state index is 13.2. The lowest BCUT2D eigenvalue weighted by atomic mass is 9.89. The van der Waals surface area contributed by atoms with Crippen molar-refractivity contribution in [2.45, 2.75) is 38.5 Å². The van der Waals surface area contributed by atoms with Crippen LogP contribution in [0.4, 0.5) is 0 Å². The van der Waals surface area contributed by atoms with Crippen LogP contribution < -0.4 is 19.5 Å². The van der Waals surface area contributed by atoms with Crippen LogP contribution in [-0.2, 0) is 6.61 Å². The summed E-state index contributed by atoms with van der Waals surface area (Å²) in [6.07, 6.45) is 0.658. The molecule has 0 bridgehead atoms. The quantitative estimate of drug-likeness (QED) is 0.591. The number of rotatable bonds is 6. The third-order valence-electron chi connectivity index (χ3n) is 5.35. The molecule has 3 aromatic carbocycles. The van der Waals surface area contributed by atoms with Crippen LogP contribution in [0.5, 0.6) is 17.2 Å². The standard InChI is InChI=1S/C26H27NO4/c1-26(2)16-22(20-14-13-19(29-3)15-24(20)31-26)27-25(28)21-11-7-8-12-23(21)30-17-18-9-5-4-6-10-18/h4-15,22H,16-17H2,1-3H3,(H,27,28). The smallest absolute Gasteiger partial charge is 0.255 e. The molecule has 0 fully saturated rings. The molecule has 5 heteroatoms. The molecule has 31 heavy (non-hydrogen) atoms. The van der Waals surface area contributed by atoms with E-state index in [-0.39, 0.29) is 11.9 Å². The Morgan fingerprint density at radius 2 is 1.81 bits per heavy atom. The van der Waals surface area contributed by atoms with Gasteiger partial charge in [0.15, 0.2) is 0 Å². The van der Waals surface area contributed by atoms with E-state index < -0.39 is 5.60 Å². The van der Waals surface area contributed by atoms with Crippen molar-refractivity contribution in [2.75, 3.05) is 7.11 Å². The number of hydrogen-bond donors (Lipinski definition) is 1. The molecule has 1 heterocycles. The first-order valence-electron chi connectivity index (χ1n) is 10.4. The normalized spacial score (nSPS) is 16.5. The molecule has 1 aliphatic rings. The first kappa shape index (κ1) is 20.8. The first-order chi connectivity index (χ1) is 14.9. The maximum absolute atomic E-state index is 13.2. The fourth-order valence-electron chi connectivity index (χ4n) is 3.84. The van der Waals surface area contributed by atoms with Crippen LogP contribution in [0.2, 0.25) is 0 Å². The number of para-hydroxylation sites is 1. The highest BCUT2D eigenvalue weighted by atomic mass is 16.5. The molecule has 0 saturated carbocycles. The Morgan fingerprint density at radius 3 is 2.58 bits per heavy atom. The monoisotopic (exact) mass is 417 g/mol. The van der Waals surface area contributed by atoms with Gasteiger partial charge >= 0.3 is 0 Å². The zero-order valence-electron chi connectivity index (χ0n) is 18.1. The molecule has 1 aliphatic heterocycles. The van der Waals surface area contributed by atoms with E-state index in [9.17, 15) is 4.79 Å². The van der Waals surface area contributed by atoms with Gasteiger partial charge in [0.25, 0.3) is 5.91 Å². The van der Waals surface area contributed by atoms with Crippen molar-refractivity contribution in [3.8, 4) is 17.2 Å². The summed E-state index contributed by atoms with van der Waals surface area (Å²) in [5.74, 6) is 1.84. The molecule has 0 aliphatic carbocycles. The predicted molar refractivity (Wildman–Crippen MR) is 120 cm³/mol. The molecule has 1 unspecified atom stereocenters. The van der Waals surface area contributed by atoms with Crippen molar-refractivity contribution < 1.29 is 19.0 Å². The molecule has 4 rings (SSSR count). The minimum absolute atomic E-state index is 0.173. The second kappa shape index (κ2) is 8.72. The zero-order chi connectivity index (χ0) is 21.8. The van der Waals surface area contributed by atoms with Gasteiger partial charge in [0.1, 0.15) is 29.5 Å². The van der Waals surface area contributed by atoms with Crippen LogP contribution >= 0.6 is 0 Å². The molecular weight excluding hydrogens is 390 g/mol. The lowest BCUT2D eigenvalue weighted by Crippen LogP contribution is -2.41. The summed E-state index contributed by atoms with van der Waals surface area (Å²) < 4.78 is 17.4. The van der Waals surface area contributed by atoms with Gasteiger partial charge in [0.2, 0.25) is 0 Å². The Labute approximate surface area is 183 Å². The number of ether oxygens (including phenoxy) is 3. The Bertz CT molecular complexity index is 1060. The second-order valence-corrected chi connectivity index (χ2v) is 8.27. The highest BCUT2D eigenvalue weighted by molar-refractivity contribution is 5.97. The average Bonchev–Trinajstić information content (AvgIpc) is 2.77. The molecule has 1 atom stereocenters. The van der Waals surface area contributed by atoms with Crippen LogP contribution in [0, 0.1) is 0 Å². The highest BCUT2D eigenvalue weighted by Gasteiger charge is 2.35. The maximum Gasteiger partial charge on any atom is 0.255 e. The van der Waals surface area contributed by atoms with E-state index in [2.05, 4.69) is 5.32 Å². The minimum atomic E-state index is -0.416. The molecule has 0 aromatic heterocycles. The Hall–Kier alpha value is -3.47. The van der Waals surface area contributed by atoms with Crippen molar-refractivity contribution in [3.05, 3.63) is 89.5 Å². The number of carbonyl (C=O) groups is 1. The van der Waals surface area contributed by atoms with E-state index in [1.54, 1.807) is 13.2 Å². The van der Waals surface area contributed by atoms with Crippen LogP contribution in [-0.4, -0.2) is 18.6 Å². The average molecular weight is 418 g/mol. The van der Waals surface area contributed by atoms with Crippen molar-refractivity contribution >= 4 is 5.91 Å². The third-order valence-corrected chi connectivity index (χ3v) is 5.35. The number of methoxy groups -OCH3 is 1. The Kier molecular flexibility index (Phi) is 5.85. The zero-order valence-corrected chi connectivity index (χ0v) is 18.1. The summed E-state index contributed by atoms with van der Waals surface area (Å²) in [6, 6.07) is 22.7. The molecule has 0 spiro atoms. The number of amides is 1. The number of carbonyl (C=O) groups excluding carboxylic acids is 1. The van der Waals surface area contributed by atoms with Gasteiger partial charge in [0, 0.05) is 18.1 Å². The Morgan fingerprint density at radius 1 is 1.06 bits per heavy atom. The lowest BCUT2D eigenvalue weighted by Gasteiger charge is -2.38. The van der Waals surface area contributed by atoms with Crippen LogP contribution in [0.1, 0.15) is 47.8 Å². The number of fused-ring (bicyclic) bond motifs is 1. The number of benzene rings is 3. The SMILES string of the molecule is COc1ccc2c(c1)OC(C)(C)CC2NC(=O)c1ccccc1OCc1ccccc1. The summed E-state index contributed by atoms with van der Waals surface area (Å²) in [5, 5.41) is 3.18. The molecule has 5 nitrogen and oxygen atoms in total. The third kappa shape index (κ3) is 4.82. The van der Waals surface area contributed by atoms with E-state index in [0.29, 0.717) is 24.3 Å². The topological polar surface area (TPSA) is 56.8 Å². The van der Waals surface area contributed by atoms with E-state index in [1.165, 1.54) is 0 Å². The van der Waals surface area contributed by atoms with Gasteiger partial charge < -0.3 is 19.5 Å². The van der Waals surface area contributed by atoms with Crippen LogP contribution in [0.15, 0.2) is 72.8 Å². The Balaban J connectivity index is 1.55. The van der Waals surface area contributed by atoms with Gasteiger partial charge in [-0.2, -0.15) is 0 Å². The van der Waals surface area contributed by atoms with Crippen LogP contribution in [0.25, 0.3) is 0 Å². The molecule has 0 radical (unpaired) electrons. The van der Waals surface area contributed by atoms with Crippen molar-refractivity contribution in [1.82, 2.24) is 5.32 Å². The predicted octanol–water partition coefficient (Wildman–Crippen LogP) is 5.31. The van der Waals surface area contributed by atoms with E-state index >= 15 is 0 Å². The van der Waals surface area contributed by atoms with Crippen molar-refractivity contribution in [2.24, 2.45) is 0 Å². The lowest BCUT2D eigenvalue weighted by molar-refractivity contribution is 0.0616.